The first-order valence-corrected chi connectivity index (χ1v) is 7.01. The van der Waals surface area contributed by atoms with E-state index in [1.165, 1.54) is 0 Å². The number of aromatic nitrogens is 1. The number of hydrogen-bond donors (Lipinski definition) is 0. The average Bonchev–Trinajstić information content (AvgIpc) is 3.19. The molecule has 1 saturated carbocycles. The molecule has 1 aliphatic carbocycles. The molecular weight excluding hydrogens is 278 g/mol. The Morgan fingerprint density at radius 1 is 1.45 bits per heavy atom. The van der Waals surface area contributed by atoms with Crippen LogP contribution in [-0.4, -0.2) is 17.6 Å². The molecule has 0 N–H and O–H groups in total. The minimum atomic E-state index is -0.458. The maximum atomic E-state index is 11.9. The Kier molecular flexibility index (Phi) is 3.49. The molecule has 0 atom stereocenters. The van der Waals surface area contributed by atoms with Crippen LogP contribution in [0.4, 0.5) is 0 Å². The molecule has 1 aromatic carbocycles. The van der Waals surface area contributed by atoms with Crippen molar-refractivity contribution in [2.75, 3.05) is 6.61 Å². The second kappa shape index (κ2) is 5.29. The molecular formula is C15H14ClNO3. The molecule has 104 valence electrons. The second-order valence-corrected chi connectivity index (χ2v) is 5.12. The van der Waals surface area contributed by atoms with Gasteiger partial charge in [-0.05, 0) is 31.9 Å². The molecule has 4 nitrogen and oxygen atoms in total. The third-order valence-corrected chi connectivity index (χ3v) is 3.51. The van der Waals surface area contributed by atoms with E-state index in [1.807, 2.05) is 18.2 Å². The average molecular weight is 292 g/mol. The highest BCUT2D eigenvalue weighted by Crippen LogP contribution is 2.43. The maximum Gasteiger partial charge on any atom is 0.376 e. The number of hydrogen-bond acceptors (Lipinski definition) is 4. The summed E-state index contributed by atoms with van der Waals surface area (Å²) >= 11 is 6.14. The van der Waals surface area contributed by atoms with E-state index in [2.05, 4.69) is 4.98 Å². The van der Waals surface area contributed by atoms with Gasteiger partial charge in [0.05, 0.1) is 22.9 Å². The third kappa shape index (κ3) is 2.43. The van der Waals surface area contributed by atoms with Gasteiger partial charge in [0.25, 0.3) is 0 Å². The molecule has 0 unspecified atom stereocenters. The van der Waals surface area contributed by atoms with Crippen molar-refractivity contribution in [2.45, 2.75) is 25.7 Å². The minimum absolute atomic E-state index is 0.212. The number of rotatable bonds is 4. The minimum Gasteiger partial charge on any atom is -0.460 e. The number of benzene rings is 1. The van der Waals surface area contributed by atoms with Crippen LogP contribution < -0.4 is 0 Å². The van der Waals surface area contributed by atoms with Gasteiger partial charge < -0.3 is 9.15 Å². The topological polar surface area (TPSA) is 52.3 Å². The first-order chi connectivity index (χ1) is 9.70. The molecule has 1 heterocycles. The molecule has 1 fully saturated rings. The standard InChI is InChI=1S/C15H14ClNO3/c1-2-19-15(18)13-12(9-7-8-9)17-14(20-13)10-5-3-4-6-11(10)16/h3-6,9H,2,7-8H2,1H3. The smallest absolute Gasteiger partial charge is 0.376 e. The zero-order chi connectivity index (χ0) is 14.1. The summed E-state index contributed by atoms with van der Waals surface area (Å²) in [5.41, 5.74) is 1.38. The predicted molar refractivity (Wildman–Crippen MR) is 74.9 cm³/mol. The highest BCUT2D eigenvalue weighted by molar-refractivity contribution is 6.33. The summed E-state index contributed by atoms with van der Waals surface area (Å²) in [6.45, 7) is 2.07. The highest BCUT2D eigenvalue weighted by atomic mass is 35.5. The first kappa shape index (κ1) is 13.2. The number of ether oxygens (including phenoxy) is 1. The van der Waals surface area contributed by atoms with E-state index in [0.717, 1.165) is 12.8 Å². The van der Waals surface area contributed by atoms with Crippen LogP contribution in [0.3, 0.4) is 0 Å². The zero-order valence-electron chi connectivity index (χ0n) is 11.1. The molecule has 5 heteroatoms. The zero-order valence-corrected chi connectivity index (χ0v) is 11.8. The van der Waals surface area contributed by atoms with Crippen molar-refractivity contribution in [3.8, 4) is 11.5 Å². The first-order valence-electron chi connectivity index (χ1n) is 6.63. The summed E-state index contributed by atoms with van der Waals surface area (Å²) in [4.78, 5) is 16.4. The van der Waals surface area contributed by atoms with Crippen LogP contribution in [-0.2, 0) is 4.74 Å². The number of esters is 1. The lowest BCUT2D eigenvalue weighted by Gasteiger charge is -1.99. The number of halogens is 1. The van der Waals surface area contributed by atoms with Gasteiger partial charge in [0.2, 0.25) is 11.7 Å². The van der Waals surface area contributed by atoms with Crippen molar-refractivity contribution < 1.29 is 13.9 Å². The Balaban J connectivity index is 2.03. The Morgan fingerprint density at radius 3 is 2.85 bits per heavy atom. The van der Waals surface area contributed by atoms with Crippen LogP contribution >= 0.6 is 11.6 Å². The summed E-state index contributed by atoms with van der Waals surface area (Å²) in [5.74, 6) is 0.430. The summed E-state index contributed by atoms with van der Waals surface area (Å²) in [7, 11) is 0. The van der Waals surface area contributed by atoms with Crippen LogP contribution in [0, 0.1) is 0 Å². The number of nitrogens with zero attached hydrogens (tertiary/aromatic N) is 1. The molecule has 0 radical (unpaired) electrons. The molecule has 20 heavy (non-hydrogen) atoms. The van der Waals surface area contributed by atoms with E-state index in [-0.39, 0.29) is 5.76 Å². The van der Waals surface area contributed by atoms with Crippen molar-refractivity contribution in [1.82, 2.24) is 4.98 Å². The van der Waals surface area contributed by atoms with Crippen molar-refractivity contribution in [1.29, 1.82) is 0 Å². The molecule has 0 aliphatic heterocycles. The molecule has 0 amide bonds. The third-order valence-electron chi connectivity index (χ3n) is 3.18. The van der Waals surface area contributed by atoms with E-state index < -0.39 is 5.97 Å². The largest absolute Gasteiger partial charge is 0.460 e. The van der Waals surface area contributed by atoms with Gasteiger partial charge in [-0.25, -0.2) is 9.78 Å². The van der Waals surface area contributed by atoms with Crippen molar-refractivity contribution in [3.63, 3.8) is 0 Å². The van der Waals surface area contributed by atoms with Crippen LogP contribution in [0.25, 0.3) is 11.5 Å². The SMILES string of the molecule is CCOC(=O)c1oc(-c2ccccc2Cl)nc1C1CC1. The van der Waals surface area contributed by atoms with Gasteiger partial charge >= 0.3 is 5.97 Å². The van der Waals surface area contributed by atoms with E-state index in [1.54, 1.807) is 13.0 Å². The Labute approximate surface area is 121 Å². The number of carbonyl (C=O) groups is 1. The number of oxazole rings is 1. The highest BCUT2D eigenvalue weighted by Gasteiger charge is 2.34. The molecule has 0 bridgehead atoms. The van der Waals surface area contributed by atoms with E-state index in [9.17, 15) is 4.79 Å². The van der Waals surface area contributed by atoms with Crippen LogP contribution in [0.5, 0.6) is 0 Å². The van der Waals surface area contributed by atoms with Crippen LogP contribution in [0.15, 0.2) is 28.7 Å². The van der Waals surface area contributed by atoms with Gasteiger partial charge in [0, 0.05) is 5.92 Å². The van der Waals surface area contributed by atoms with Gasteiger partial charge in [-0.3, -0.25) is 0 Å². The van der Waals surface area contributed by atoms with Crippen molar-refractivity contribution in [3.05, 3.63) is 40.7 Å². The van der Waals surface area contributed by atoms with Gasteiger partial charge in [-0.1, -0.05) is 23.7 Å². The Hall–Kier alpha value is -1.81. The fourth-order valence-electron chi connectivity index (χ4n) is 2.06. The lowest BCUT2D eigenvalue weighted by molar-refractivity contribution is 0.0489. The number of carbonyl (C=O) groups excluding carboxylic acids is 1. The second-order valence-electron chi connectivity index (χ2n) is 4.71. The fraction of sp³-hybridized carbons (Fsp3) is 0.333. The lowest BCUT2D eigenvalue weighted by atomic mass is 10.2. The Bertz CT molecular complexity index is 646. The van der Waals surface area contributed by atoms with Crippen LogP contribution in [0.2, 0.25) is 5.02 Å². The lowest BCUT2D eigenvalue weighted by Crippen LogP contribution is -2.05. The summed E-state index contributed by atoms with van der Waals surface area (Å²) in [6, 6.07) is 7.27. The normalized spacial score (nSPS) is 14.3. The molecule has 2 aromatic rings. The predicted octanol–water partition coefficient (Wildman–Crippen LogP) is 4.05. The van der Waals surface area contributed by atoms with Crippen LogP contribution in [0.1, 0.15) is 41.9 Å². The van der Waals surface area contributed by atoms with Gasteiger partial charge in [0.15, 0.2) is 0 Å². The van der Waals surface area contributed by atoms with Gasteiger partial charge in [-0.2, -0.15) is 0 Å². The molecule has 1 aliphatic rings. The monoisotopic (exact) mass is 291 g/mol. The Morgan fingerprint density at radius 2 is 2.20 bits per heavy atom. The molecule has 3 rings (SSSR count). The summed E-state index contributed by atoms with van der Waals surface area (Å²) in [6.07, 6.45) is 2.06. The maximum absolute atomic E-state index is 11.9. The molecule has 1 aromatic heterocycles. The van der Waals surface area contributed by atoms with E-state index in [0.29, 0.717) is 34.7 Å². The van der Waals surface area contributed by atoms with E-state index >= 15 is 0 Å². The van der Waals surface area contributed by atoms with Crippen molar-refractivity contribution >= 4 is 17.6 Å². The van der Waals surface area contributed by atoms with Crippen molar-refractivity contribution in [2.24, 2.45) is 0 Å². The summed E-state index contributed by atoms with van der Waals surface area (Å²) in [5, 5.41) is 0.548. The van der Waals surface area contributed by atoms with Gasteiger partial charge in [0.1, 0.15) is 0 Å². The quantitative estimate of drug-likeness (QED) is 0.798. The summed E-state index contributed by atoms with van der Waals surface area (Å²) < 4.78 is 10.6. The molecule has 0 saturated heterocycles. The van der Waals surface area contributed by atoms with Gasteiger partial charge in [-0.15, -0.1) is 0 Å². The fourth-order valence-corrected chi connectivity index (χ4v) is 2.27. The molecule has 0 spiro atoms. The van der Waals surface area contributed by atoms with E-state index in [4.69, 9.17) is 20.8 Å².